The van der Waals surface area contributed by atoms with Crippen LogP contribution in [0, 0.1) is 24.2 Å². The Morgan fingerprint density at radius 2 is 1.76 bits per heavy atom. The predicted octanol–water partition coefficient (Wildman–Crippen LogP) is 3.49. The number of nitrogens with zero attached hydrogens (tertiary/aromatic N) is 1. The van der Waals surface area contributed by atoms with Gasteiger partial charge in [0.05, 0.1) is 5.92 Å². The fourth-order valence-electron chi connectivity index (χ4n) is 4.91. The lowest BCUT2D eigenvalue weighted by atomic mass is 9.87. The Balaban J connectivity index is 1.41. The summed E-state index contributed by atoms with van der Waals surface area (Å²) >= 11 is 0. The number of amides is 2. The second-order valence-electron chi connectivity index (χ2n) is 8.93. The molecular weight excluding hydrogens is 432 g/mol. The lowest BCUT2D eigenvalue weighted by Gasteiger charge is -2.36. The Bertz CT molecular complexity index is 1090. The molecule has 4 rings (SSSR count). The molecule has 0 spiro atoms. The minimum absolute atomic E-state index is 0.00712. The van der Waals surface area contributed by atoms with Crippen molar-refractivity contribution >= 4 is 18.0 Å². The Hall–Kier alpha value is -3.79. The van der Waals surface area contributed by atoms with Gasteiger partial charge in [0.15, 0.2) is 0 Å². The summed E-state index contributed by atoms with van der Waals surface area (Å²) in [6.45, 7) is 2.52. The normalized spacial score (nSPS) is 19.9. The van der Waals surface area contributed by atoms with Gasteiger partial charge in [0.25, 0.3) is 0 Å². The molecular formula is C27H28N2O5. The highest BCUT2D eigenvalue weighted by Crippen LogP contribution is 2.44. The van der Waals surface area contributed by atoms with E-state index in [1.165, 1.54) is 4.90 Å². The molecule has 1 aliphatic carbocycles. The van der Waals surface area contributed by atoms with Crippen molar-refractivity contribution in [3.8, 4) is 23.5 Å². The zero-order valence-electron chi connectivity index (χ0n) is 19.1. The average Bonchev–Trinajstić information content (AvgIpc) is 3.16. The third-order valence-electron chi connectivity index (χ3n) is 6.84. The van der Waals surface area contributed by atoms with E-state index in [1.54, 1.807) is 0 Å². The van der Waals surface area contributed by atoms with E-state index in [9.17, 15) is 19.5 Å². The van der Waals surface area contributed by atoms with Crippen LogP contribution in [-0.2, 0) is 14.3 Å². The number of piperidine rings is 1. The van der Waals surface area contributed by atoms with Gasteiger partial charge in [-0.2, -0.15) is 0 Å². The van der Waals surface area contributed by atoms with E-state index >= 15 is 0 Å². The Kier molecular flexibility index (Phi) is 6.87. The molecule has 3 atom stereocenters. The van der Waals surface area contributed by atoms with Crippen LogP contribution in [-0.4, -0.2) is 53.7 Å². The second kappa shape index (κ2) is 10.0. The number of nitrogens with one attached hydrogen (secondary N) is 1. The van der Waals surface area contributed by atoms with Crippen LogP contribution in [0.4, 0.5) is 4.79 Å². The number of alkyl carbamates (subject to hydrolysis) is 1. The molecule has 1 fully saturated rings. The summed E-state index contributed by atoms with van der Waals surface area (Å²) in [5.41, 5.74) is 4.43. The van der Waals surface area contributed by atoms with E-state index in [4.69, 9.17) is 11.2 Å². The van der Waals surface area contributed by atoms with Gasteiger partial charge in [-0.3, -0.25) is 9.59 Å². The molecule has 176 valence electrons. The number of carbonyl (C=O) groups is 3. The fraction of sp³-hybridized carbons (Fsp3) is 0.370. The lowest BCUT2D eigenvalue weighted by Crippen LogP contribution is -2.53. The molecule has 0 saturated carbocycles. The highest BCUT2D eigenvalue weighted by Gasteiger charge is 2.36. The molecule has 0 aromatic heterocycles. The van der Waals surface area contributed by atoms with Crippen LogP contribution < -0.4 is 5.32 Å². The third kappa shape index (κ3) is 4.62. The van der Waals surface area contributed by atoms with Crippen molar-refractivity contribution in [3.05, 3.63) is 59.7 Å². The second-order valence-corrected chi connectivity index (χ2v) is 8.93. The Morgan fingerprint density at radius 3 is 2.35 bits per heavy atom. The van der Waals surface area contributed by atoms with E-state index in [2.05, 4.69) is 23.4 Å². The van der Waals surface area contributed by atoms with Gasteiger partial charge in [-0.25, -0.2) is 4.79 Å². The Labute approximate surface area is 199 Å². The molecule has 7 heteroatoms. The molecule has 2 aromatic carbocycles. The van der Waals surface area contributed by atoms with Crippen LogP contribution in [0.3, 0.4) is 0 Å². The fourth-order valence-corrected chi connectivity index (χ4v) is 4.91. The molecule has 1 saturated heterocycles. The van der Waals surface area contributed by atoms with Crippen LogP contribution in [0.5, 0.6) is 0 Å². The molecule has 7 nitrogen and oxygen atoms in total. The highest BCUT2D eigenvalue weighted by atomic mass is 16.5. The van der Waals surface area contributed by atoms with Crippen LogP contribution in [0.15, 0.2) is 48.5 Å². The van der Waals surface area contributed by atoms with Gasteiger partial charge in [-0.1, -0.05) is 55.5 Å². The number of benzene rings is 2. The first-order valence-electron chi connectivity index (χ1n) is 11.5. The first-order chi connectivity index (χ1) is 16.4. The maximum absolute atomic E-state index is 13.1. The van der Waals surface area contributed by atoms with Gasteiger partial charge in [0, 0.05) is 25.4 Å². The molecule has 2 aliphatic rings. The molecule has 1 aliphatic heterocycles. The number of fused-ring (bicyclic) bond motifs is 3. The summed E-state index contributed by atoms with van der Waals surface area (Å²) in [5.74, 6) is 0.350. The summed E-state index contributed by atoms with van der Waals surface area (Å²) in [5, 5.41) is 12.0. The number of ether oxygens (including phenoxy) is 1. The van der Waals surface area contributed by atoms with Crippen molar-refractivity contribution in [1.82, 2.24) is 10.2 Å². The quantitative estimate of drug-likeness (QED) is 0.644. The van der Waals surface area contributed by atoms with Gasteiger partial charge < -0.3 is 20.1 Å². The number of carbonyl (C=O) groups excluding carboxylic acids is 2. The minimum atomic E-state index is -0.969. The number of likely N-dealkylation sites (tertiary alicyclic amines) is 1. The SMILES string of the molecule is C#CCC(NC(=O)OCC1c2ccccc2-c2ccccc21)C(=O)N1CCC(C)C(C(=O)O)C1. The molecule has 0 radical (unpaired) electrons. The molecule has 2 aromatic rings. The molecule has 34 heavy (non-hydrogen) atoms. The van der Waals surface area contributed by atoms with Crippen molar-refractivity contribution in [2.75, 3.05) is 19.7 Å². The van der Waals surface area contributed by atoms with Gasteiger partial charge in [-0.05, 0) is 34.6 Å². The summed E-state index contributed by atoms with van der Waals surface area (Å²) in [6, 6.07) is 15.1. The largest absolute Gasteiger partial charge is 0.481 e. The van der Waals surface area contributed by atoms with Gasteiger partial charge in [0.2, 0.25) is 5.91 Å². The molecule has 2 N–H and O–H groups in total. The summed E-state index contributed by atoms with van der Waals surface area (Å²) in [6.07, 6.45) is 5.29. The summed E-state index contributed by atoms with van der Waals surface area (Å²) in [7, 11) is 0. The summed E-state index contributed by atoms with van der Waals surface area (Å²) in [4.78, 5) is 38.7. The zero-order valence-corrected chi connectivity index (χ0v) is 19.1. The van der Waals surface area contributed by atoms with Crippen molar-refractivity contribution in [1.29, 1.82) is 0 Å². The van der Waals surface area contributed by atoms with E-state index in [0.717, 1.165) is 22.3 Å². The molecule has 1 heterocycles. The number of rotatable bonds is 6. The number of hydrogen-bond acceptors (Lipinski definition) is 4. The highest BCUT2D eigenvalue weighted by molar-refractivity contribution is 5.87. The average molecular weight is 461 g/mol. The van der Waals surface area contributed by atoms with E-state index < -0.39 is 24.0 Å². The van der Waals surface area contributed by atoms with Crippen molar-refractivity contribution in [3.63, 3.8) is 0 Å². The first kappa shape index (κ1) is 23.4. The van der Waals surface area contributed by atoms with Crippen LogP contribution >= 0.6 is 0 Å². The molecule has 2 amide bonds. The third-order valence-corrected chi connectivity index (χ3v) is 6.84. The van der Waals surface area contributed by atoms with E-state index in [1.807, 2.05) is 43.3 Å². The smallest absolute Gasteiger partial charge is 0.407 e. The van der Waals surface area contributed by atoms with E-state index in [-0.39, 0.29) is 37.3 Å². The Morgan fingerprint density at radius 1 is 1.15 bits per heavy atom. The standard InChI is InChI=1S/C27H28N2O5/c1-3-8-24(25(30)29-14-13-17(2)22(15-29)26(31)32)28-27(33)34-16-23-20-11-6-4-9-18(20)19-10-5-7-12-21(19)23/h1,4-7,9-12,17,22-24H,8,13-16H2,2H3,(H,28,33)(H,31,32). The molecule has 0 bridgehead atoms. The lowest BCUT2D eigenvalue weighted by molar-refractivity contribution is -0.148. The number of terminal acetylenes is 1. The van der Waals surface area contributed by atoms with Gasteiger partial charge >= 0.3 is 12.1 Å². The number of carboxylic acids is 1. The van der Waals surface area contributed by atoms with Crippen LogP contribution in [0.1, 0.15) is 36.8 Å². The maximum Gasteiger partial charge on any atom is 0.407 e. The van der Waals surface area contributed by atoms with E-state index in [0.29, 0.717) is 13.0 Å². The van der Waals surface area contributed by atoms with Crippen LogP contribution in [0.2, 0.25) is 0 Å². The monoisotopic (exact) mass is 460 g/mol. The predicted molar refractivity (Wildman–Crippen MR) is 127 cm³/mol. The number of aliphatic carboxylic acids is 1. The first-order valence-corrected chi connectivity index (χ1v) is 11.5. The van der Waals surface area contributed by atoms with Crippen LogP contribution in [0.25, 0.3) is 11.1 Å². The summed E-state index contributed by atoms with van der Waals surface area (Å²) < 4.78 is 5.55. The van der Waals surface area contributed by atoms with Gasteiger partial charge in [-0.15, -0.1) is 12.3 Å². The minimum Gasteiger partial charge on any atom is -0.481 e. The van der Waals surface area contributed by atoms with Gasteiger partial charge in [0.1, 0.15) is 12.6 Å². The number of carboxylic acid groups (broad SMARTS) is 1. The topological polar surface area (TPSA) is 95.9 Å². The zero-order chi connectivity index (χ0) is 24.2. The van der Waals surface area contributed by atoms with Crippen molar-refractivity contribution < 1.29 is 24.2 Å². The molecule has 3 unspecified atom stereocenters. The number of hydrogen-bond donors (Lipinski definition) is 2. The van der Waals surface area contributed by atoms with Crippen molar-refractivity contribution in [2.24, 2.45) is 11.8 Å². The maximum atomic E-state index is 13.1. The van der Waals surface area contributed by atoms with Crippen molar-refractivity contribution in [2.45, 2.75) is 31.7 Å².